The van der Waals surface area contributed by atoms with E-state index < -0.39 is 0 Å². The van der Waals surface area contributed by atoms with E-state index in [2.05, 4.69) is 90.7 Å². The van der Waals surface area contributed by atoms with Crippen LogP contribution in [0.5, 0.6) is 0 Å². The molecule has 2 nitrogen and oxygen atoms in total. The Morgan fingerprint density at radius 3 is 2.74 bits per heavy atom. The highest BCUT2D eigenvalue weighted by Gasteiger charge is 2.24. The second-order valence-corrected chi connectivity index (χ2v) is 8.39. The monoisotopic (exact) mass is 374 g/mol. The van der Waals surface area contributed by atoms with Gasteiger partial charge in [-0.2, -0.15) is 0 Å². The number of nitrogens with zero attached hydrogens (tertiary/aromatic N) is 1. The van der Waals surface area contributed by atoms with E-state index in [4.69, 9.17) is 0 Å². The Kier molecular flexibility index (Phi) is 5.15. The van der Waals surface area contributed by atoms with Crippen LogP contribution in [0.4, 0.5) is 5.69 Å². The predicted molar refractivity (Wildman–Crippen MR) is 117 cm³/mol. The number of fused-ring (bicyclic) bond motifs is 1. The Morgan fingerprint density at radius 1 is 1.15 bits per heavy atom. The fourth-order valence-electron chi connectivity index (χ4n) is 3.80. The van der Waals surface area contributed by atoms with Gasteiger partial charge >= 0.3 is 0 Å². The van der Waals surface area contributed by atoms with Crippen LogP contribution in [0.3, 0.4) is 0 Å². The minimum Gasteiger partial charge on any atom is -0.374 e. The average molecular weight is 375 g/mol. The molecule has 0 saturated heterocycles. The number of thiophene rings is 1. The molecule has 0 spiro atoms. The van der Waals surface area contributed by atoms with Crippen molar-refractivity contribution in [1.82, 2.24) is 4.90 Å². The summed E-state index contributed by atoms with van der Waals surface area (Å²) >= 11 is 1.88. The first-order valence-corrected chi connectivity index (χ1v) is 10.3. The summed E-state index contributed by atoms with van der Waals surface area (Å²) in [4.78, 5) is 3.88. The van der Waals surface area contributed by atoms with Crippen LogP contribution in [0.1, 0.15) is 33.2 Å². The lowest BCUT2D eigenvalue weighted by Crippen LogP contribution is -2.26. The van der Waals surface area contributed by atoms with E-state index in [1.54, 1.807) is 0 Å². The normalized spacial score (nSPS) is 15.2. The molecule has 138 valence electrons. The molecule has 27 heavy (non-hydrogen) atoms. The molecule has 0 bridgehead atoms. The number of hydrogen-bond acceptors (Lipinski definition) is 3. The van der Waals surface area contributed by atoms with Crippen molar-refractivity contribution in [3.05, 3.63) is 93.7 Å². The maximum Gasteiger partial charge on any atom is 0.0767 e. The van der Waals surface area contributed by atoms with Crippen LogP contribution in [0.2, 0.25) is 0 Å². The SMILES string of the molecule is C=C(c1csc2c1CCN(C)C2)C(Nc1cccc(C)c1)c1ccccc1. The molecule has 1 aliphatic heterocycles. The second kappa shape index (κ2) is 7.71. The Morgan fingerprint density at radius 2 is 1.96 bits per heavy atom. The minimum absolute atomic E-state index is 0.0614. The van der Waals surface area contributed by atoms with Crippen molar-refractivity contribution < 1.29 is 0 Å². The summed E-state index contributed by atoms with van der Waals surface area (Å²) in [5.74, 6) is 0. The molecule has 0 aliphatic carbocycles. The molecule has 1 aliphatic rings. The fourth-order valence-corrected chi connectivity index (χ4v) is 5.00. The summed E-state index contributed by atoms with van der Waals surface area (Å²) in [5, 5.41) is 6.04. The van der Waals surface area contributed by atoms with Gasteiger partial charge in [-0.05, 0) is 65.7 Å². The van der Waals surface area contributed by atoms with Gasteiger partial charge < -0.3 is 10.2 Å². The van der Waals surface area contributed by atoms with Crippen LogP contribution in [0.25, 0.3) is 5.57 Å². The molecule has 1 unspecified atom stereocenters. The van der Waals surface area contributed by atoms with E-state index in [1.165, 1.54) is 27.1 Å². The lowest BCUT2D eigenvalue weighted by Gasteiger charge is -2.26. The Bertz CT molecular complexity index is 942. The number of aryl methyl sites for hydroxylation is 1. The highest BCUT2D eigenvalue weighted by Crippen LogP contribution is 2.38. The first kappa shape index (κ1) is 18.0. The zero-order valence-corrected chi connectivity index (χ0v) is 16.9. The molecular formula is C24H26N2S. The van der Waals surface area contributed by atoms with Gasteiger partial charge in [0.05, 0.1) is 6.04 Å². The number of benzene rings is 2. The van der Waals surface area contributed by atoms with E-state index in [1.807, 2.05) is 11.3 Å². The third-order valence-electron chi connectivity index (χ3n) is 5.29. The van der Waals surface area contributed by atoms with Gasteiger partial charge in [-0.3, -0.25) is 0 Å². The standard InChI is InChI=1S/C24H26N2S/c1-17-8-7-11-20(14-17)25-24(19-9-5-4-6-10-19)18(2)22-16-27-23-15-26(3)13-12-21(22)23/h4-11,14,16,24-25H,2,12-13,15H2,1,3H3. The van der Waals surface area contributed by atoms with Crippen LogP contribution in [0, 0.1) is 6.92 Å². The van der Waals surface area contributed by atoms with Crippen molar-refractivity contribution in [1.29, 1.82) is 0 Å². The van der Waals surface area contributed by atoms with Gasteiger partial charge in [0, 0.05) is 23.7 Å². The van der Waals surface area contributed by atoms with Gasteiger partial charge in [0.25, 0.3) is 0 Å². The summed E-state index contributed by atoms with van der Waals surface area (Å²) in [6, 6.07) is 19.3. The largest absolute Gasteiger partial charge is 0.374 e. The zero-order chi connectivity index (χ0) is 18.8. The summed E-state index contributed by atoms with van der Waals surface area (Å²) in [6.07, 6.45) is 1.11. The van der Waals surface area contributed by atoms with Crippen molar-refractivity contribution in [2.45, 2.75) is 25.9 Å². The van der Waals surface area contributed by atoms with Crippen LogP contribution in [-0.4, -0.2) is 18.5 Å². The van der Waals surface area contributed by atoms with E-state index >= 15 is 0 Å². The molecule has 3 aromatic rings. The highest BCUT2D eigenvalue weighted by atomic mass is 32.1. The molecule has 2 aromatic carbocycles. The average Bonchev–Trinajstić information content (AvgIpc) is 3.09. The van der Waals surface area contributed by atoms with Crippen LogP contribution >= 0.6 is 11.3 Å². The smallest absolute Gasteiger partial charge is 0.0767 e. The van der Waals surface area contributed by atoms with Gasteiger partial charge in [0.15, 0.2) is 0 Å². The van der Waals surface area contributed by atoms with Crippen molar-refractivity contribution in [3.8, 4) is 0 Å². The number of anilines is 1. The second-order valence-electron chi connectivity index (χ2n) is 7.42. The number of likely N-dealkylation sites (N-methyl/N-ethyl adjacent to an activating group) is 1. The highest BCUT2D eigenvalue weighted by molar-refractivity contribution is 7.10. The predicted octanol–water partition coefficient (Wildman–Crippen LogP) is 5.91. The summed E-state index contributed by atoms with van der Waals surface area (Å²) in [6.45, 7) is 8.85. The molecule has 1 atom stereocenters. The molecule has 0 amide bonds. The number of hydrogen-bond donors (Lipinski definition) is 1. The third-order valence-corrected chi connectivity index (χ3v) is 6.31. The zero-order valence-electron chi connectivity index (χ0n) is 16.0. The minimum atomic E-state index is 0.0614. The van der Waals surface area contributed by atoms with Crippen LogP contribution in [-0.2, 0) is 13.0 Å². The Hall–Kier alpha value is -2.36. The van der Waals surface area contributed by atoms with Crippen molar-refractivity contribution in [2.24, 2.45) is 0 Å². The number of nitrogens with one attached hydrogen (secondary N) is 1. The van der Waals surface area contributed by atoms with E-state index in [-0.39, 0.29) is 6.04 Å². The third kappa shape index (κ3) is 3.85. The summed E-state index contributed by atoms with van der Waals surface area (Å²) in [7, 11) is 2.20. The lowest BCUT2D eigenvalue weighted by molar-refractivity contribution is 0.317. The number of rotatable bonds is 5. The lowest BCUT2D eigenvalue weighted by atomic mass is 9.90. The summed E-state index contributed by atoms with van der Waals surface area (Å²) in [5.41, 5.74) is 7.62. The van der Waals surface area contributed by atoms with E-state index in [9.17, 15) is 0 Å². The molecule has 0 fully saturated rings. The first-order chi connectivity index (χ1) is 13.1. The molecule has 4 rings (SSSR count). The van der Waals surface area contributed by atoms with Crippen molar-refractivity contribution in [2.75, 3.05) is 18.9 Å². The Labute approximate surface area is 166 Å². The summed E-state index contributed by atoms with van der Waals surface area (Å²) < 4.78 is 0. The fraction of sp³-hybridized carbons (Fsp3) is 0.250. The van der Waals surface area contributed by atoms with E-state index in [0.717, 1.165) is 30.8 Å². The quantitative estimate of drug-likeness (QED) is 0.597. The van der Waals surface area contributed by atoms with Gasteiger partial charge in [-0.25, -0.2) is 0 Å². The van der Waals surface area contributed by atoms with Crippen LogP contribution < -0.4 is 5.32 Å². The first-order valence-electron chi connectivity index (χ1n) is 9.47. The Balaban J connectivity index is 1.69. The van der Waals surface area contributed by atoms with Gasteiger partial charge in [0.2, 0.25) is 0 Å². The van der Waals surface area contributed by atoms with E-state index in [0.29, 0.717) is 0 Å². The maximum atomic E-state index is 4.55. The van der Waals surface area contributed by atoms with Gasteiger partial charge in [0.1, 0.15) is 0 Å². The van der Waals surface area contributed by atoms with Gasteiger partial charge in [-0.15, -0.1) is 11.3 Å². The molecule has 0 radical (unpaired) electrons. The molecule has 1 N–H and O–H groups in total. The molecular weight excluding hydrogens is 348 g/mol. The molecule has 1 aromatic heterocycles. The van der Waals surface area contributed by atoms with Crippen LogP contribution in [0.15, 0.2) is 66.6 Å². The maximum absolute atomic E-state index is 4.55. The molecule has 2 heterocycles. The van der Waals surface area contributed by atoms with Crippen molar-refractivity contribution in [3.63, 3.8) is 0 Å². The van der Waals surface area contributed by atoms with Crippen molar-refractivity contribution >= 4 is 22.6 Å². The molecule has 0 saturated carbocycles. The van der Waals surface area contributed by atoms with Gasteiger partial charge in [-0.1, -0.05) is 49.0 Å². The topological polar surface area (TPSA) is 15.3 Å². The molecule has 3 heteroatoms.